The molecule has 0 saturated carbocycles. The summed E-state index contributed by atoms with van der Waals surface area (Å²) in [4.78, 5) is 83.0. The lowest BCUT2D eigenvalue weighted by atomic mass is 9.95. The van der Waals surface area contributed by atoms with Gasteiger partial charge in [0.2, 0.25) is 23.7 Å². The third kappa shape index (κ3) is 8.31. The number of hydrogen-bond donors (Lipinski definition) is 3. The molecule has 2 aromatic heterocycles. The van der Waals surface area contributed by atoms with Crippen molar-refractivity contribution in [3.63, 3.8) is 0 Å². The highest BCUT2D eigenvalue weighted by molar-refractivity contribution is 6.24. The molecule has 3 N–H and O–H groups in total. The number of methoxy groups -OCH3 is 1. The first kappa shape index (κ1) is 44.6. The highest BCUT2D eigenvalue weighted by Crippen LogP contribution is 2.41. The number of likely N-dealkylation sites (N-methyl/N-ethyl adjacent to an activating group) is 1. The molecule has 4 saturated heterocycles. The van der Waals surface area contributed by atoms with Crippen LogP contribution in [0.5, 0.6) is 5.75 Å². The van der Waals surface area contributed by atoms with Gasteiger partial charge in [-0.05, 0) is 81.1 Å². The molecule has 0 spiro atoms. The number of nitrogens with zero attached hydrogens (tertiary/aromatic N) is 8. The molecule has 0 radical (unpaired) electrons. The van der Waals surface area contributed by atoms with Gasteiger partial charge in [0.05, 0.1) is 46.7 Å². The van der Waals surface area contributed by atoms with Gasteiger partial charge < -0.3 is 34.6 Å². The molecule has 3 atom stereocenters. The monoisotopic (exact) mass is 923 g/mol. The Morgan fingerprint density at radius 1 is 0.985 bits per heavy atom. The van der Waals surface area contributed by atoms with Crippen LogP contribution >= 0.6 is 0 Å². The van der Waals surface area contributed by atoms with Crippen LogP contribution in [-0.2, 0) is 21.4 Å². The number of nitrogens with one attached hydrogen (secondary N) is 3. The number of ether oxygens (including phenoxy) is 1. The maximum Gasteiger partial charge on any atom is 0.262 e. The van der Waals surface area contributed by atoms with E-state index in [9.17, 15) is 24.0 Å². The zero-order valence-corrected chi connectivity index (χ0v) is 38.3. The standard InChI is InChI=1S/C50H54FN11O6/c1-5-45(63)53-38-23-39(55-50-52-15-12-37(54-50)35-28-58(3)40-9-7-6-8-32(35)40)44(68-4)24-43(38)57(2)18-19-59-16-13-29(14-17-59)25-60-26-31-20-30(60)27-61(31)42-22-34-33(21-36(42)51)48(66)62(49(34)67)41-10-11-46(64)56-47(41)65/h5-9,12,15,21-24,28-31,41H,1,10-11,13-14,16-20,25-27H2,2-4H3,(H,53,63)(H,52,54,55)(H,56,64,65). The van der Waals surface area contributed by atoms with Gasteiger partial charge in [0.15, 0.2) is 0 Å². The third-order valence-corrected chi connectivity index (χ3v) is 14.4. The number of hydrogen-bond acceptors (Lipinski definition) is 13. The zero-order valence-electron chi connectivity index (χ0n) is 38.3. The lowest BCUT2D eigenvalue weighted by Gasteiger charge is -2.39. The summed E-state index contributed by atoms with van der Waals surface area (Å²) in [7, 11) is 5.62. The quantitative estimate of drug-likeness (QED) is 0.0984. The summed E-state index contributed by atoms with van der Waals surface area (Å²) < 4.78 is 23.7. The lowest BCUT2D eigenvalue weighted by molar-refractivity contribution is -0.136. The van der Waals surface area contributed by atoms with E-state index in [-0.39, 0.29) is 42.0 Å². The van der Waals surface area contributed by atoms with Crippen LogP contribution in [0.25, 0.3) is 22.2 Å². The number of carbonyl (C=O) groups is 5. The van der Waals surface area contributed by atoms with Crippen molar-refractivity contribution in [3.8, 4) is 17.0 Å². The first-order valence-corrected chi connectivity index (χ1v) is 23.2. The molecule has 17 nitrogen and oxygen atoms in total. The fraction of sp³-hybridized carbons (Fsp3) is 0.380. The number of rotatable bonds is 14. The highest BCUT2D eigenvalue weighted by atomic mass is 19.1. The summed E-state index contributed by atoms with van der Waals surface area (Å²) in [5.41, 5.74) is 5.15. The van der Waals surface area contributed by atoms with Gasteiger partial charge in [-0.3, -0.25) is 39.1 Å². The Kier molecular flexibility index (Phi) is 11.9. The van der Waals surface area contributed by atoms with E-state index in [0.29, 0.717) is 47.8 Å². The van der Waals surface area contributed by atoms with Crippen LogP contribution in [0.3, 0.4) is 0 Å². The molecule has 5 amide bonds. The largest absolute Gasteiger partial charge is 0.494 e. The van der Waals surface area contributed by atoms with Crippen LogP contribution in [0.1, 0.15) is 52.8 Å². The minimum atomic E-state index is -1.10. The number of aromatic nitrogens is 3. The van der Waals surface area contributed by atoms with Gasteiger partial charge in [-0.1, -0.05) is 24.8 Å². The first-order valence-electron chi connectivity index (χ1n) is 23.2. The molecule has 4 fully saturated rings. The van der Waals surface area contributed by atoms with Crippen LogP contribution in [0, 0.1) is 11.7 Å². The number of amides is 5. The number of para-hydroxylation sites is 1. The number of carbonyl (C=O) groups excluding carboxylic acids is 5. The predicted octanol–water partition coefficient (Wildman–Crippen LogP) is 5.16. The average Bonchev–Trinajstić information content (AvgIpc) is 4.09. The molecule has 5 aromatic rings. The number of benzene rings is 3. The van der Waals surface area contributed by atoms with Gasteiger partial charge in [0, 0.05) is 100 Å². The Labute approximate surface area is 392 Å². The molecule has 68 heavy (non-hydrogen) atoms. The average molecular weight is 924 g/mol. The van der Waals surface area contributed by atoms with E-state index in [4.69, 9.17) is 9.72 Å². The Morgan fingerprint density at radius 2 is 1.76 bits per heavy atom. The predicted molar refractivity (Wildman–Crippen MR) is 256 cm³/mol. The van der Waals surface area contributed by atoms with E-state index in [1.54, 1.807) is 13.3 Å². The zero-order chi connectivity index (χ0) is 47.4. The number of aryl methyl sites for hydroxylation is 1. The van der Waals surface area contributed by atoms with Crippen LogP contribution in [0.15, 0.2) is 79.6 Å². The second-order valence-electron chi connectivity index (χ2n) is 18.5. The number of imide groups is 2. The number of halogens is 1. The lowest BCUT2D eigenvalue weighted by Crippen LogP contribution is -2.54. The summed E-state index contributed by atoms with van der Waals surface area (Å²) in [6.07, 6.45) is 8.08. The maximum absolute atomic E-state index is 15.7. The van der Waals surface area contributed by atoms with E-state index in [1.807, 2.05) is 49.3 Å². The van der Waals surface area contributed by atoms with Crippen molar-refractivity contribution in [2.24, 2.45) is 13.0 Å². The summed E-state index contributed by atoms with van der Waals surface area (Å²) in [6.45, 7) is 9.48. The third-order valence-electron chi connectivity index (χ3n) is 14.4. The summed E-state index contributed by atoms with van der Waals surface area (Å²) in [6, 6.07) is 15.6. The van der Waals surface area contributed by atoms with E-state index in [0.717, 1.165) is 90.8 Å². The number of piperazine rings is 1. The van der Waals surface area contributed by atoms with Crippen LogP contribution in [-0.4, -0.2) is 137 Å². The SMILES string of the molecule is C=CC(=O)Nc1cc(Nc2nccc(-c3cn(C)c4ccccc34)n2)c(OC)cc1N(C)CCN1CCC(CN2CC3CC2CN3c2cc3c(cc2F)C(=O)N(C2CCC(=O)NC2=O)C3=O)CC1. The Balaban J connectivity index is 0.739. The normalized spacial score (nSPS) is 20.9. The summed E-state index contributed by atoms with van der Waals surface area (Å²) in [5.74, 6) is -1.94. The minimum absolute atomic E-state index is 0.0160. The van der Waals surface area contributed by atoms with Gasteiger partial charge in [-0.25, -0.2) is 14.4 Å². The number of fused-ring (bicyclic) bond motifs is 4. The maximum atomic E-state index is 15.7. The molecule has 2 bridgehead atoms. The smallest absolute Gasteiger partial charge is 0.262 e. The molecule has 5 aliphatic rings. The van der Waals surface area contributed by atoms with E-state index >= 15 is 4.39 Å². The Bertz CT molecular complexity index is 2880. The second kappa shape index (κ2) is 18.1. The van der Waals surface area contributed by atoms with Crippen molar-refractivity contribution in [3.05, 3.63) is 96.6 Å². The molecular formula is C50H54FN11O6. The fourth-order valence-corrected chi connectivity index (χ4v) is 10.8. The topological polar surface area (TPSA) is 178 Å². The molecule has 5 aliphatic heterocycles. The summed E-state index contributed by atoms with van der Waals surface area (Å²) in [5, 5.41) is 9.60. The molecule has 3 unspecified atom stereocenters. The molecule has 352 valence electrons. The molecule has 18 heteroatoms. The molecule has 10 rings (SSSR count). The van der Waals surface area contributed by atoms with Crippen molar-refractivity contribution in [1.29, 1.82) is 0 Å². The van der Waals surface area contributed by atoms with Crippen molar-refractivity contribution in [2.45, 2.75) is 50.2 Å². The second-order valence-corrected chi connectivity index (χ2v) is 18.5. The van der Waals surface area contributed by atoms with Crippen LogP contribution < -0.4 is 30.5 Å². The van der Waals surface area contributed by atoms with E-state index in [2.05, 4.69) is 65.1 Å². The first-order chi connectivity index (χ1) is 32.9. The van der Waals surface area contributed by atoms with Crippen molar-refractivity contribution in [2.75, 3.05) is 80.4 Å². The van der Waals surface area contributed by atoms with Crippen LogP contribution in [0.2, 0.25) is 0 Å². The van der Waals surface area contributed by atoms with E-state index < -0.39 is 35.5 Å². The molecule has 7 heterocycles. The van der Waals surface area contributed by atoms with Crippen molar-refractivity contribution in [1.82, 2.24) is 34.6 Å². The van der Waals surface area contributed by atoms with Gasteiger partial charge in [-0.2, -0.15) is 0 Å². The van der Waals surface area contributed by atoms with Gasteiger partial charge >= 0.3 is 0 Å². The van der Waals surface area contributed by atoms with Gasteiger partial charge in [-0.15, -0.1) is 0 Å². The number of anilines is 5. The molecule has 0 aliphatic carbocycles. The van der Waals surface area contributed by atoms with Gasteiger partial charge in [0.25, 0.3) is 11.8 Å². The number of piperidine rings is 2. The van der Waals surface area contributed by atoms with Crippen LogP contribution in [0.4, 0.5) is 33.1 Å². The number of likely N-dealkylation sites (tertiary alicyclic amines) is 2. The van der Waals surface area contributed by atoms with E-state index in [1.165, 1.54) is 12.1 Å². The Morgan fingerprint density at radius 3 is 2.50 bits per heavy atom. The Hall–Kier alpha value is -7.18. The molecular weight excluding hydrogens is 870 g/mol. The fourth-order valence-electron chi connectivity index (χ4n) is 10.8. The van der Waals surface area contributed by atoms with Crippen molar-refractivity contribution < 1.29 is 33.1 Å². The van der Waals surface area contributed by atoms with Gasteiger partial charge in [0.1, 0.15) is 17.6 Å². The van der Waals surface area contributed by atoms with Crippen molar-refractivity contribution >= 4 is 69.1 Å². The summed E-state index contributed by atoms with van der Waals surface area (Å²) >= 11 is 0. The molecule has 3 aromatic carbocycles. The highest BCUT2D eigenvalue weighted by Gasteiger charge is 2.48. The minimum Gasteiger partial charge on any atom is -0.494 e.